The van der Waals surface area contributed by atoms with Gasteiger partial charge in [-0.1, -0.05) is 25.3 Å². The lowest BCUT2D eigenvalue weighted by Gasteiger charge is -2.30. The number of fused-ring (bicyclic) bond motifs is 1. The number of nitrogens with one attached hydrogen (secondary N) is 1. The maximum atomic E-state index is 13.4. The number of hydrogen-bond acceptors (Lipinski definition) is 2. The van der Waals surface area contributed by atoms with Crippen molar-refractivity contribution in [1.82, 2.24) is 5.32 Å². The molecule has 1 atom stereocenters. The quantitative estimate of drug-likeness (QED) is 0.905. The average Bonchev–Trinajstić information content (AvgIpc) is 2.89. The van der Waals surface area contributed by atoms with E-state index in [0.29, 0.717) is 12.1 Å². The lowest BCUT2D eigenvalue weighted by atomic mass is 9.95. The van der Waals surface area contributed by atoms with Crippen LogP contribution in [0.15, 0.2) is 18.2 Å². The summed E-state index contributed by atoms with van der Waals surface area (Å²) in [5.74, 6) is -0.122. The number of benzene rings is 1. The van der Waals surface area contributed by atoms with E-state index in [1.54, 1.807) is 12.1 Å². The smallest absolute Gasteiger partial charge is 0.125 e. The molecule has 1 N–H and O–H groups in total. The monoisotopic (exact) mass is 276 g/mol. The van der Waals surface area contributed by atoms with Crippen molar-refractivity contribution in [3.63, 3.8) is 0 Å². The van der Waals surface area contributed by atoms with Crippen LogP contribution in [0.4, 0.5) is 10.1 Å². The van der Waals surface area contributed by atoms with Crippen LogP contribution < -0.4 is 10.2 Å². The largest absolute Gasteiger partial charge is 0.367 e. The van der Waals surface area contributed by atoms with Gasteiger partial charge in [0.1, 0.15) is 5.82 Å². The van der Waals surface area contributed by atoms with Gasteiger partial charge >= 0.3 is 0 Å². The van der Waals surface area contributed by atoms with E-state index in [2.05, 4.69) is 17.1 Å². The Kier molecular flexibility index (Phi) is 4.25. The molecule has 0 saturated heterocycles. The third-order valence-electron chi connectivity index (χ3n) is 4.82. The fraction of sp³-hybridized carbons (Fsp3) is 0.647. The van der Waals surface area contributed by atoms with E-state index in [1.807, 2.05) is 6.07 Å². The summed E-state index contributed by atoms with van der Waals surface area (Å²) in [5, 5.41) is 3.71. The zero-order valence-electron chi connectivity index (χ0n) is 12.4. The molecule has 1 saturated carbocycles. The van der Waals surface area contributed by atoms with Gasteiger partial charge in [0.05, 0.1) is 0 Å². The second kappa shape index (κ2) is 6.13. The van der Waals surface area contributed by atoms with Gasteiger partial charge in [0.25, 0.3) is 0 Å². The zero-order chi connectivity index (χ0) is 13.9. The molecule has 20 heavy (non-hydrogen) atoms. The first kappa shape index (κ1) is 13.9. The van der Waals surface area contributed by atoms with Crippen LogP contribution in [0.5, 0.6) is 0 Å². The van der Waals surface area contributed by atoms with Gasteiger partial charge in [-0.25, -0.2) is 4.39 Å². The molecule has 0 spiro atoms. The van der Waals surface area contributed by atoms with Crippen LogP contribution in [0.3, 0.4) is 0 Å². The second-order valence-corrected chi connectivity index (χ2v) is 6.31. The Bertz CT molecular complexity index is 454. The van der Waals surface area contributed by atoms with Crippen molar-refractivity contribution in [2.24, 2.45) is 0 Å². The van der Waals surface area contributed by atoms with Crippen molar-refractivity contribution < 1.29 is 4.39 Å². The van der Waals surface area contributed by atoms with E-state index < -0.39 is 0 Å². The van der Waals surface area contributed by atoms with Crippen molar-refractivity contribution in [1.29, 1.82) is 0 Å². The van der Waals surface area contributed by atoms with E-state index in [4.69, 9.17) is 0 Å². The molecule has 1 aliphatic carbocycles. The van der Waals surface area contributed by atoms with Crippen LogP contribution in [0.1, 0.15) is 44.6 Å². The van der Waals surface area contributed by atoms with Gasteiger partial charge in [-0.2, -0.15) is 0 Å². The minimum absolute atomic E-state index is 0.122. The Morgan fingerprint density at radius 2 is 2.10 bits per heavy atom. The standard InChI is InChI=1S/C17H25FN2/c1-13(12-19-16-5-3-2-4-6-16)20-10-9-14-7-8-15(18)11-17(14)20/h7-8,11,13,16,19H,2-6,9-10,12H2,1H3. The molecule has 1 fully saturated rings. The molecule has 1 heterocycles. The highest BCUT2D eigenvalue weighted by Crippen LogP contribution is 2.30. The molecule has 1 unspecified atom stereocenters. The van der Waals surface area contributed by atoms with Gasteiger partial charge < -0.3 is 10.2 Å². The fourth-order valence-electron chi connectivity index (χ4n) is 3.59. The number of nitrogens with zero attached hydrogens (tertiary/aromatic N) is 1. The van der Waals surface area contributed by atoms with E-state index in [-0.39, 0.29) is 5.82 Å². The molecule has 0 bridgehead atoms. The summed E-state index contributed by atoms with van der Waals surface area (Å²) in [7, 11) is 0. The number of hydrogen-bond donors (Lipinski definition) is 1. The average molecular weight is 276 g/mol. The van der Waals surface area contributed by atoms with Gasteiger partial charge in [0.15, 0.2) is 0 Å². The molecule has 3 rings (SSSR count). The van der Waals surface area contributed by atoms with Crippen LogP contribution in [-0.2, 0) is 6.42 Å². The maximum Gasteiger partial charge on any atom is 0.125 e. The second-order valence-electron chi connectivity index (χ2n) is 6.31. The normalized spacial score (nSPS) is 21.0. The van der Waals surface area contributed by atoms with Gasteiger partial charge in [-0.15, -0.1) is 0 Å². The first-order valence-corrected chi connectivity index (χ1v) is 8.02. The molecule has 0 amide bonds. The molecule has 0 radical (unpaired) electrons. The summed E-state index contributed by atoms with van der Waals surface area (Å²) in [4.78, 5) is 2.36. The minimum atomic E-state index is -0.122. The van der Waals surface area contributed by atoms with Gasteiger partial charge in [0, 0.05) is 30.9 Å². The van der Waals surface area contributed by atoms with Gasteiger partial charge in [-0.3, -0.25) is 0 Å². The molecule has 1 aromatic carbocycles. The van der Waals surface area contributed by atoms with Crippen molar-refractivity contribution in [2.75, 3.05) is 18.0 Å². The van der Waals surface area contributed by atoms with Crippen molar-refractivity contribution in [2.45, 2.75) is 57.5 Å². The highest BCUT2D eigenvalue weighted by molar-refractivity contribution is 5.58. The lowest BCUT2D eigenvalue weighted by molar-refractivity contribution is 0.365. The fourth-order valence-corrected chi connectivity index (χ4v) is 3.59. The topological polar surface area (TPSA) is 15.3 Å². The van der Waals surface area contributed by atoms with Crippen LogP contribution in [0.25, 0.3) is 0 Å². The Morgan fingerprint density at radius 3 is 2.90 bits per heavy atom. The first-order chi connectivity index (χ1) is 9.74. The summed E-state index contributed by atoms with van der Waals surface area (Å²) in [6.07, 6.45) is 7.80. The van der Waals surface area contributed by atoms with Crippen LogP contribution in [-0.4, -0.2) is 25.2 Å². The summed E-state index contributed by atoms with van der Waals surface area (Å²) < 4.78 is 13.4. The first-order valence-electron chi connectivity index (χ1n) is 8.02. The van der Waals surface area contributed by atoms with Crippen molar-refractivity contribution >= 4 is 5.69 Å². The molecule has 2 nitrogen and oxygen atoms in total. The summed E-state index contributed by atoms with van der Waals surface area (Å²) in [6.45, 7) is 4.27. The predicted octanol–water partition coefficient (Wildman–Crippen LogP) is 3.50. The van der Waals surface area contributed by atoms with E-state index in [9.17, 15) is 4.39 Å². The summed E-state index contributed by atoms with van der Waals surface area (Å²) in [6, 6.07) is 6.33. The van der Waals surface area contributed by atoms with E-state index >= 15 is 0 Å². The molecule has 2 aliphatic rings. The number of anilines is 1. The van der Waals surface area contributed by atoms with Crippen LogP contribution >= 0.6 is 0 Å². The van der Waals surface area contributed by atoms with Crippen LogP contribution in [0, 0.1) is 5.82 Å². The third-order valence-corrected chi connectivity index (χ3v) is 4.82. The third kappa shape index (κ3) is 2.98. The van der Waals surface area contributed by atoms with Gasteiger partial charge in [-0.05, 0) is 43.9 Å². The molecule has 110 valence electrons. The summed E-state index contributed by atoms with van der Waals surface area (Å²) >= 11 is 0. The number of halogens is 1. The molecular weight excluding hydrogens is 251 g/mol. The molecule has 0 aromatic heterocycles. The van der Waals surface area contributed by atoms with E-state index in [0.717, 1.165) is 25.2 Å². The van der Waals surface area contributed by atoms with Crippen LogP contribution in [0.2, 0.25) is 0 Å². The lowest BCUT2D eigenvalue weighted by Crippen LogP contribution is -2.43. The Labute approximate surface area is 121 Å². The van der Waals surface area contributed by atoms with Crippen molar-refractivity contribution in [3.8, 4) is 0 Å². The highest BCUT2D eigenvalue weighted by atomic mass is 19.1. The molecule has 1 aliphatic heterocycles. The molecule has 3 heteroatoms. The SMILES string of the molecule is CC(CNC1CCCCC1)N1CCc2ccc(F)cc21. The van der Waals surface area contributed by atoms with Gasteiger partial charge in [0.2, 0.25) is 0 Å². The summed E-state index contributed by atoms with van der Waals surface area (Å²) in [5.41, 5.74) is 2.39. The van der Waals surface area contributed by atoms with E-state index in [1.165, 1.54) is 37.7 Å². The Hall–Kier alpha value is -1.09. The number of rotatable bonds is 4. The van der Waals surface area contributed by atoms with Crippen molar-refractivity contribution in [3.05, 3.63) is 29.6 Å². The highest BCUT2D eigenvalue weighted by Gasteiger charge is 2.24. The Morgan fingerprint density at radius 1 is 1.30 bits per heavy atom. The zero-order valence-corrected chi connectivity index (χ0v) is 12.4. The maximum absolute atomic E-state index is 13.4. The minimum Gasteiger partial charge on any atom is -0.367 e. The Balaban J connectivity index is 1.58. The molecular formula is C17H25FN2. The predicted molar refractivity (Wildman–Crippen MR) is 81.8 cm³/mol. The molecule has 1 aromatic rings.